The van der Waals surface area contributed by atoms with Gasteiger partial charge in [0.25, 0.3) is 0 Å². The summed E-state index contributed by atoms with van der Waals surface area (Å²) < 4.78 is 33.9. The Morgan fingerprint density at radius 1 is 1.33 bits per heavy atom. The number of carbonyl (C=O) groups is 1. The van der Waals surface area contributed by atoms with Crippen LogP contribution in [-0.4, -0.2) is 37.6 Å². The van der Waals surface area contributed by atoms with E-state index in [4.69, 9.17) is 0 Å². The van der Waals surface area contributed by atoms with Gasteiger partial charge in [-0.3, -0.25) is 4.79 Å². The second-order valence-corrected chi connectivity index (χ2v) is 7.06. The van der Waals surface area contributed by atoms with Gasteiger partial charge in [0, 0.05) is 24.9 Å². The molecule has 0 radical (unpaired) electrons. The molecule has 0 N–H and O–H groups in total. The molecule has 2 rings (SSSR count). The molecular formula is C12H20FNO3S. The monoisotopic (exact) mass is 277 g/mol. The fourth-order valence-electron chi connectivity index (χ4n) is 3.28. The van der Waals surface area contributed by atoms with Crippen LogP contribution in [0.2, 0.25) is 0 Å². The molecule has 0 aromatic heterocycles. The Kier molecular flexibility index (Phi) is 3.94. The van der Waals surface area contributed by atoms with Crippen LogP contribution in [0.15, 0.2) is 0 Å². The fraction of sp³-hybridized carbons (Fsp3) is 0.917. The third kappa shape index (κ3) is 3.22. The van der Waals surface area contributed by atoms with Gasteiger partial charge in [0.05, 0.1) is 5.75 Å². The van der Waals surface area contributed by atoms with Crippen LogP contribution in [-0.2, 0) is 15.0 Å². The molecule has 3 unspecified atom stereocenters. The van der Waals surface area contributed by atoms with E-state index in [-0.39, 0.29) is 24.3 Å². The molecule has 0 spiro atoms. The van der Waals surface area contributed by atoms with Gasteiger partial charge in [-0.05, 0) is 18.8 Å². The minimum atomic E-state index is -4.48. The molecule has 1 amide bonds. The lowest BCUT2D eigenvalue weighted by atomic mass is 9.85. The van der Waals surface area contributed by atoms with Gasteiger partial charge in [0.1, 0.15) is 0 Å². The average Bonchev–Trinajstić information content (AvgIpc) is 2.57. The summed E-state index contributed by atoms with van der Waals surface area (Å²) in [6.45, 7) is 2.54. The van der Waals surface area contributed by atoms with Crippen molar-refractivity contribution >= 4 is 16.1 Å². The van der Waals surface area contributed by atoms with Crippen LogP contribution in [0.25, 0.3) is 0 Å². The first-order valence-electron chi connectivity index (χ1n) is 6.58. The Hall–Kier alpha value is -0.650. The lowest BCUT2D eigenvalue weighted by Gasteiger charge is -2.36. The summed E-state index contributed by atoms with van der Waals surface area (Å²) in [7, 11) is -4.48. The molecule has 1 saturated heterocycles. The number of likely N-dealkylation sites (tertiary alicyclic amines) is 1. The zero-order chi connectivity index (χ0) is 13.3. The lowest BCUT2D eigenvalue weighted by Crippen LogP contribution is -2.42. The first-order chi connectivity index (χ1) is 8.37. The fourth-order valence-corrected chi connectivity index (χ4v) is 4.07. The molecule has 0 aromatic carbocycles. The van der Waals surface area contributed by atoms with Crippen LogP contribution in [0.4, 0.5) is 3.89 Å². The topological polar surface area (TPSA) is 54.5 Å². The Bertz CT molecular complexity index is 423. The van der Waals surface area contributed by atoms with E-state index in [1.807, 2.05) is 0 Å². The molecule has 104 valence electrons. The van der Waals surface area contributed by atoms with Crippen LogP contribution < -0.4 is 0 Å². The third-order valence-electron chi connectivity index (χ3n) is 4.14. The molecular weight excluding hydrogens is 257 g/mol. The molecule has 6 heteroatoms. The van der Waals surface area contributed by atoms with Gasteiger partial charge in [-0.2, -0.15) is 8.42 Å². The Morgan fingerprint density at radius 3 is 2.61 bits per heavy atom. The molecule has 1 heterocycles. The van der Waals surface area contributed by atoms with Gasteiger partial charge >= 0.3 is 10.2 Å². The number of amides is 1. The van der Waals surface area contributed by atoms with Crippen molar-refractivity contribution in [1.29, 1.82) is 0 Å². The van der Waals surface area contributed by atoms with Crippen LogP contribution in [0.1, 0.15) is 39.0 Å². The van der Waals surface area contributed by atoms with Crippen molar-refractivity contribution in [2.24, 2.45) is 11.8 Å². The number of hydrogen-bond acceptors (Lipinski definition) is 3. The SMILES string of the molecule is CC1CCCCC1N1CC(CS(=O)(=O)F)CC1=O. The van der Waals surface area contributed by atoms with Crippen molar-refractivity contribution < 1.29 is 17.1 Å². The molecule has 1 saturated carbocycles. The molecule has 2 aliphatic rings. The number of rotatable bonds is 3. The quantitative estimate of drug-likeness (QED) is 0.738. The van der Waals surface area contributed by atoms with Crippen molar-refractivity contribution in [2.45, 2.75) is 45.1 Å². The molecule has 0 aromatic rings. The van der Waals surface area contributed by atoms with E-state index in [0.717, 1.165) is 19.3 Å². The van der Waals surface area contributed by atoms with E-state index in [9.17, 15) is 17.1 Å². The predicted octanol–water partition coefficient (Wildman–Crippen LogP) is 1.71. The predicted molar refractivity (Wildman–Crippen MR) is 66.1 cm³/mol. The first-order valence-corrected chi connectivity index (χ1v) is 8.14. The van der Waals surface area contributed by atoms with E-state index >= 15 is 0 Å². The van der Waals surface area contributed by atoms with Gasteiger partial charge < -0.3 is 4.90 Å². The zero-order valence-electron chi connectivity index (χ0n) is 10.6. The second kappa shape index (κ2) is 5.15. The number of nitrogens with zero attached hydrogens (tertiary/aromatic N) is 1. The summed E-state index contributed by atoms with van der Waals surface area (Å²) in [6, 6.07) is 0.221. The number of halogens is 1. The van der Waals surface area contributed by atoms with Crippen molar-refractivity contribution in [3.05, 3.63) is 0 Å². The summed E-state index contributed by atoms with van der Waals surface area (Å²) in [5.41, 5.74) is 0. The van der Waals surface area contributed by atoms with Crippen molar-refractivity contribution in [1.82, 2.24) is 4.90 Å². The highest BCUT2D eigenvalue weighted by Gasteiger charge is 2.38. The number of carbonyl (C=O) groups excluding carboxylic acids is 1. The van der Waals surface area contributed by atoms with E-state index < -0.39 is 16.0 Å². The van der Waals surface area contributed by atoms with Crippen LogP contribution >= 0.6 is 0 Å². The summed E-state index contributed by atoms with van der Waals surface area (Å²) in [5.74, 6) is -0.441. The van der Waals surface area contributed by atoms with Crippen LogP contribution in [0, 0.1) is 11.8 Å². The number of hydrogen-bond donors (Lipinski definition) is 0. The molecule has 2 fully saturated rings. The zero-order valence-corrected chi connectivity index (χ0v) is 11.5. The van der Waals surface area contributed by atoms with Gasteiger partial charge in [0.15, 0.2) is 0 Å². The van der Waals surface area contributed by atoms with E-state index in [1.54, 1.807) is 4.90 Å². The molecule has 3 atom stereocenters. The van der Waals surface area contributed by atoms with Crippen molar-refractivity contribution in [3.63, 3.8) is 0 Å². The maximum absolute atomic E-state index is 12.7. The van der Waals surface area contributed by atoms with Crippen molar-refractivity contribution in [2.75, 3.05) is 12.3 Å². The normalized spacial score (nSPS) is 34.0. The molecule has 1 aliphatic carbocycles. The van der Waals surface area contributed by atoms with E-state index in [1.165, 1.54) is 6.42 Å². The van der Waals surface area contributed by atoms with E-state index in [0.29, 0.717) is 12.5 Å². The minimum absolute atomic E-state index is 0.0117. The van der Waals surface area contributed by atoms with Gasteiger partial charge in [-0.25, -0.2) is 0 Å². The van der Waals surface area contributed by atoms with Crippen LogP contribution in [0.5, 0.6) is 0 Å². The molecule has 18 heavy (non-hydrogen) atoms. The van der Waals surface area contributed by atoms with E-state index in [2.05, 4.69) is 6.92 Å². The Labute approximate surface area is 108 Å². The van der Waals surface area contributed by atoms with Gasteiger partial charge in [0.2, 0.25) is 5.91 Å². The summed E-state index contributed by atoms with van der Waals surface area (Å²) >= 11 is 0. The highest BCUT2D eigenvalue weighted by Crippen LogP contribution is 2.32. The third-order valence-corrected chi connectivity index (χ3v) is 5.01. The summed E-state index contributed by atoms with van der Waals surface area (Å²) in [5, 5.41) is 0. The van der Waals surface area contributed by atoms with Gasteiger partial charge in [-0.15, -0.1) is 3.89 Å². The highest BCUT2D eigenvalue weighted by atomic mass is 32.3. The Morgan fingerprint density at radius 2 is 2.00 bits per heavy atom. The molecule has 0 bridgehead atoms. The van der Waals surface area contributed by atoms with Crippen LogP contribution in [0.3, 0.4) is 0 Å². The first kappa shape index (κ1) is 13.8. The second-order valence-electron chi connectivity index (χ2n) is 5.65. The minimum Gasteiger partial charge on any atom is -0.339 e. The maximum atomic E-state index is 12.7. The largest absolute Gasteiger partial charge is 0.339 e. The van der Waals surface area contributed by atoms with Gasteiger partial charge in [-0.1, -0.05) is 19.8 Å². The molecule has 1 aliphatic heterocycles. The smallest absolute Gasteiger partial charge is 0.302 e. The highest BCUT2D eigenvalue weighted by molar-refractivity contribution is 7.86. The van der Waals surface area contributed by atoms with Crippen molar-refractivity contribution in [3.8, 4) is 0 Å². The average molecular weight is 277 g/mol. The standard InChI is InChI=1S/C12H20FNO3S/c1-9-4-2-3-5-11(9)14-7-10(6-12(14)15)8-18(13,16)17/h9-11H,2-8H2,1H3. The molecule has 4 nitrogen and oxygen atoms in total. The maximum Gasteiger partial charge on any atom is 0.302 e. The summed E-state index contributed by atoms with van der Waals surface area (Å²) in [4.78, 5) is 13.7. The summed E-state index contributed by atoms with van der Waals surface area (Å²) in [6.07, 6.45) is 4.59. The Balaban J connectivity index is 2.00. The lowest BCUT2D eigenvalue weighted by molar-refractivity contribution is -0.131.